The largest absolute Gasteiger partial charge is 0.351 e. The Morgan fingerprint density at radius 3 is 2.32 bits per heavy atom. The molecule has 0 bridgehead atoms. The van der Waals surface area contributed by atoms with Gasteiger partial charge in [-0.1, -0.05) is 47.7 Å². The Bertz CT molecular complexity index is 1200. The van der Waals surface area contributed by atoms with Gasteiger partial charge in [0, 0.05) is 38.3 Å². The number of hydrogen-bond donors (Lipinski definition) is 0. The van der Waals surface area contributed by atoms with Crippen LogP contribution in [0.1, 0.15) is 17.3 Å². The number of aromatic nitrogens is 5. The molecule has 0 unspecified atom stereocenters. The molecule has 0 atom stereocenters. The molecule has 0 saturated carbocycles. The van der Waals surface area contributed by atoms with Gasteiger partial charge >= 0.3 is 0 Å². The van der Waals surface area contributed by atoms with E-state index in [9.17, 15) is 4.79 Å². The standard InChI is InChI=1S/C23H23N7O/c1-2-30-22-20(26-27-30)21(24-16-25-22)28-12-14-29(15-13-28)23(31)19-10-8-18(9-11-19)17-6-4-3-5-7-17/h3-11,16H,2,12-15H2,1H3. The smallest absolute Gasteiger partial charge is 0.253 e. The summed E-state index contributed by atoms with van der Waals surface area (Å²) < 4.78 is 1.76. The highest BCUT2D eigenvalue weighted by Crippen LogP contribution is 2.23. The van der Waals surface area contributed by atoms with Gasteiger partial charge < -0.3 is 9.80 Å². The quantitative estimate of drug-likeness (QED) is 0.512. The van der Waals surface area contributed by atoms with Gasteiger partial charge in [-0.05, 0) is 30.2 Å². The summed E-state index contributed by atoms with van der Waals surface area (Å²) in [6, 6.07) is 18.0. The third-order valence-corrected chi connectivity index (χ3v) is 5.69. The van der Waals surface area contributed by atoms with Crippen molar-refractivity contribution in [2.45, 2.75) is 13.5 Å². The fourth-order valence-corrected chi connectivity index (χ4v) is 3.96. The van der Waals surface area contributed by atoms with E-state index in [0.717, 1.165) is 22.6 Å². The van der Waals surface area contributed by atoms with Crippen LogP contribution in [0.15, 0.2) is 60.9 Å². The molecule has 1 aliphatic rings. The summed E-state index contributed by atoms with van der Waals surface area (Å²) in [7, 11) is 0. The van der Waals surface area contributed by atoms with Crippen molar-refractivity contribution in [1.82, 2.24) is 29.9 Å². The number of amides is 1. The molecule has 31 heavy (non-hydrogen) atoms. The van der Waals surface area contributed by atoms with E-state index in [0.29, 0.717) is 43.8 Å². The van der Waals surface area contributed by atoms with E-state index in [2.05, 4.69) is 37.3 Å². The van der Waals surface area contributed by atoms with E-state index < -0.39 is 0 Å². The Kier molecular flexibility index (Phi) is 5.03. The van der Waals surface area contributed by atoms with E-state index in [1.165, 1.54) is 0 Å². The maximum atomic E-state index is 13.0. The molecular weight excluding hydrogens is 390 g/mol. The van der Waals surface area contributed by atoms with Crippen LogP contribution in [0, 0.1) is 0 Å². The minimum Gasteiger partial charge on any atom is -0.351 e. The second kappa shape index (κ2) is 8.14. The topological polar surface area (TPSA) is 80.0 Å². The zero-order valence-electron chi connectivity index (χ0n) is 17.3. The molecule has 2 aromatic heterocycles. The zero-order chi connectivity index (χ0) is 21.2. The van der Waals surface area contributed by atoms with Crippen molar-refractivity contribution in [3.8, 4) is 11.1 Å². The number of benzene rings is 2. The number of hydrogen-bond acceptors (Lipinski definition) is 6. The van der Waals surface area contributed by atoms with E-state index in [1.54, 1.807) is 11.0 Å². The Balaban J connectivity index is 1.27. The molecular formula is C23H23N7O. The van der Waals surface area contributed by atoms with Crippen molar-refractivity contribution in [3.63, 3.8) is 0 Å². The molecule has 5 rings (SSSR count). The van der Waals surface area contributed by atoms with E-state index in [4.69, 9.17) is 0 Å². The molecule has 156 valence electrons. The van der Waals surface area contributed by atoms with E-state index in [1.807, 2.05) is 54.3 Å². The van der Waals surface area contributed by atoms with Crippen molar-refractivity contribution in [2.24, 2.45) is 0 Å². The van der Waals surface area contributed by atoms with Crippen molar-refractivity contribution in [1.29, 1.82) is 0 Å². The van der Waals surface area contributed by atoms with Crippen LogP contribution in [0.5, 0.6) is 0 Å². The molecule has 1 amide bonds. The average Bonchev–Trinajstić information content (AvgIpc) is 3.28. The van der Waals surface area contributed by atoms with Gasteiger partial charge in [-0.25, -0.2) is 14.6 Å². The van der Waals surface area contributed by atoms with Gasteiger partial charge in [0.25, 0.3) is 5.91 Å². The molecule has 0 spiro atoms. The number of nitrogens with zero attached hydrogens (tertiary/aromatic N) is 7. The highest BCUT2D eigenvalue weighted by atomic mass is 16.2. The van der Waals surface area contributed by atoms with Crippen LogP contribution in [0.4, 0.5) is 5.82 Å². The number of carbonyl (C=O) groups excluding carboxylic acids is 1. The van der Waals surface area contributed by atoms with Crippen molar-refractivity contribution < 1.29 is 4.79 Å². The summed E-state index contributed by atoms with van der Waals surface area (Å²) in [5.41, 5.74) is 4.41. The van der Waals surface area contributed by atoms with Gasteiger partial charge in [-0.2, -0.15) is 0 Å². The van der Waals surface area contributed by atoms with Crippen LogP contribution in [-0.2, 0) is 6.54 Å². The Hall–Kier alpha value is -3.81. The molecule has 0 N–H and O–H groups in total. The number of carbonyl (C=O) groups is 1. The third-order valence-electron chi connectivity index (χ3n) is 5.69. The number of piperazine rings is 1. The molecule has 8 nitrogen and oxygen atoms in total. The van der Waals surface area contributed by atoms with Crippen LogP contribution in [0.3, 0.4) is 0 Å². The maximum Gasteiger partial charge on any atom is 0.253 e. The molecule has 4 aromatic rings. The summed E-state index contributed by atoms with van der Waals surface area (Å²) in [5.74, 6) is 0.841. The van der Waals surface area contributed by atoms with E-state index in [-0.39, 0.29) is 5.91 Å². The second-order valence-electron chi connectivity index (χ2n) is 7.50. The molecule has 8 heteroatoms. The minimum absolute atomic E-state index is 0.0593. The highest BCUT2D eigenvalue weighted by molar-refractivity contribution is 5.95. The minimum atomic E-state index is 0.0593. The normalized spacial score (nSPS) is 14.2. The third kappa shape index (κ3) is 3.61. The lowest BCUT2D eigenvalue weighted by Gasteiger charge is -2.35. The predicted octanol–water partition coefficient (Wildman–Crippen LogP) is 2.87. The first kappa shape index (κ1) is 19.2. The number of anilines is 1. The van der Waals surface area contributed by atoms with Gasteiger partial charge in [0.2, 0.25) is 0 Å². The van der Waals surface area contributed by atoms with Crippen LogP contribution in [0.25, 0.3) is 22.3 Å². The lowest BCUT2D eigenvalue weighted by atomic mass is 10.0. The Morgan fingerprint density at radius 1 is 0.903 bits per heavy atom. The van der Waals surface area contributed by atoms with Crippen molar-refractivity contribution >= 4 is 22.9 Å². The summed E-state index contributed by atoms with van der Waals surface area (Å²) in [4.78, 5) is 25.8. The van der Waals surface area contributed by atoms with Crippen LogP contribution < -0.4 is 4.90 Å². The zero-order valence-corrected chi connectivity index (χ0v) is 17.3. The van der Waals surface area contributed by atoms with Gasteiger partial charge in [0.1, 0.15) is 6.33 Å². The Labute approximate surface area is 180 Å². The van der Waals surface area contributed by atoms with E-state index >= 15 is 0 Å². The lowest BCUT2D eigenvalue weighted by molar-refractivity contribution is 0.0746. The van der Waals surface area contributed by atoms with Gasteiger partial charge in [0.05, 0.1) is 0 Å². The molecule has 1 saturated heterocycles. The number of aryl methyl sites for hydroxylation is 1. The lowest BCUT2D eigenvalue weighted by Crippen LogP contribution is -2.49. The first-order valence-corrected chi connectivity index (χ1v) is 10.5. The molecule has 0 aliphatic carbocycles. The second-order valence-corrected chi connectivity index (χ2v) is 7.50. The first-order chi connectivity index (χ1) is 15.2. The van der Waals surface area contributed by atoms with Crippen molar-refractivity contribution in [3.05, 3.63) is 66.5 Å². The first-order valence-electron chi connectivity index (χ1n) is 10.5. The summed E-state index contributed by atoms with van der Waals surface area (Å²) in [6.07, 6.45) is 1.55. The summed E-state index contributed by atoms with van der Waals surface area (Å²) >= 11 is 0. The molecule has 1 fully saturated rings. The maximum absolute atomic E-state index is 13.0. The van der Waals surface area contributed by atoms with Gasteiger partial charge in [0.15, 0.2) is 17.0 Å². The summed E-state index contributed by atoms with van der Waals surface area (Å²) in [5, 5.41) is 8.42. The monoisotopic (exact) mass is 413 g/mol. The Morgan fingerprint density at radius 2 is 1.61 bits per heavy atom. The highest BCUT2D eigenvalue weighted by Gasteiger charge is 2.25. The number of rotatable bonds is 4. The van der Waals surface area contributed by atoms with Crippen LogP contribution >= 0.6 is 0 Å². The molecule has 1 aliphatic heterocycles. The molecule has 0 radical (unpaired) electrons. The number of fused-ring (bicyclic) bond motifs is 1. The predicted molar refractivity (Wildman–Crippen MR) is 119 cm³/mol. The average molecular weight is 413 g/mol. The molecule has 3 heterocycles. The summed E-state index contributed by atoms with van der Waals surface area (Å²) in [6.45, 7) is 5.36. The fraction of sp³-hybridized carbons (Fsp3) is 0.261. The van der Waals surface area contributed by atoms with Crippen LogP contribution in [0.2, 0.25) is 0 Å². The SMILES string of the molecule is CCn1nnc2c(N3CCN(C(=O)c4ccc(-c5ccccc5)cc4)CC3)ncnc21. The van der Waals surface area contributed by atoms with Crippen molar-refractivity contribution in [2.75, 3.05) is 31.1 Å². The molecule has 2 aromatic carbocycles. The van der Waals surface area contributed by atoms with Gasteiger partial charge in [-0.15, -0.1) is 5.10 Å². The van der Waals surface area contributed by atoms with Crippen LogP contribution in [-0.4, -0.2) is 61.9 Å². The van der Waals surface area contributed by atoms with Gasteiger partial charge in [-0.3, -0.25) is 4.79 Å². The fourth-order valence-electron chi connectivity index (χ4n) is 3.96.